The number of nitrogens with one attached hydrogen (secondary N) is 1. The highest BCUT2D eigenvalue weighted by molar-refractivity contribution is 5.89. The van der Waals surface area contributed by atoms with Gasteiger partial charge in [-0.2, -0.15) is 0 Å². The lowest BCUT2D eigenvalue weighted by molar-refractivity contribution is 0.110. The van der Waals surface area contributed by atoms with E-state index in [9.17, 15) is 9.90 Å². The van der Waals surface area contributed by atoms with E-state index in [1.54, 1.807) is 23.1 Å². The Bertz CT molecular complexity index is 802. The maximum atomic E-state index is 13.0. The summed E-state index contributed by atoms with van der Waals surface area (Å²) in [5.74, 6) is 1.30. The normalized spacial score (nSPS) is 14.3. The van der Waals surface area contributed by atoms with E-state index in [1.165, 1.54) is 0 Å². The topological polar surface area (TPSA) is 71.0 Å². The smallest absolute Gasteiger partial charge is 0.321 e. The van der Waals surface area contributed by atoms with Crippen molar-refractivity contribution >= 4 is 11.7 Å². The summed E-state index contributed by atoms with van der Waals surface area (Å²) in [6.45, 7) is 7.91. The Morgan fingerprint density at radius 3 is 2.46 bits per heavy atom. The Balaban J connectivity index is 1.73. The highest BCUT2D eigenvalue weighted by atomic mass is 16.6. The molecule has 2 aromatic carbocycles. The van der Waals surface area contributed by atoms with E-state index in [1.807, 2.05) is 30.3 Å². The zero-order chi connectivity index (χ0) is 20.1. The summed E-state index contributed by atoms with van der Waals surface area (Å²) in [5.41, 5.74) is 1.30. The van der Waals surface area contributed by atoms with Gasteiger partial charge in [-0.05, 0) is 23.1 Å². The first-order valence-electron chi connectivity index (χ1n) is 9.50. The third-order valence-electron chi connectivity index (χ3n) is 4.32. The van der Waals surface area contributed by atoms with Gasteiger partial charge in [-0.3, -0.25) is 0 Å². The van der Waals surface area contributed by atoms with Crippen LogP contribution in [-0.4, -0.2) is 42.3 Å². The van der Waals surface area contributed by atoms with Crippen LogP contribution in [0.1, 0.15) is 32.4 Å². The molecule has 0 unspecified atom stereocenters. The molecule has 0 saturated heterocycles. The second kappa shape index (κ2) is 8.52. The van der Waals surface area contributed by atoms with E-state index in [4.69, 9.17) is 9.47 Å². The SMILES string of the molecule is CC(C)(C)CN(C[C@H](O)c1ccccc1)C(=O)Nc1ccc2c(c1)OCCO2. The number of aliphatic hydroxyl groups is 1. The van der Waals surface area contributed by atoms with Crippen molar-refractivity contribution in [2.45, 2.75) is 26.9 Å². The van der Waals surface area contributed by atoms with Crippen molar-refractivity contribution in [1.29, 1.82) is 0 Å². The molecule has 1 aliphatic rings. The molecular formula is C22H28N2O4. The molecule has 28 heavy (non-hydrogen) atoms. The number of carbonyl (C=O) groups excluding carboxylic acids is 1. The minimum atomic E-state index is -0.755. The fourth-order valence-corrected chi connectivity index (χ4v) is 3.10. The lowest BCUT2D eigenvalue weighted by Gasteiger charge is -2.32. The minimum absolute atomic E-state index is 0.111. The van der Waals surface area contributed by atoms with E-state index in [0.717, 1.165) is 5.56 Å². The first kappa shape index (κ1) is 20.0. The van der Waals surface area contributed by atoms with Crippen molar-refractivity contribution in [1.82, 2.24) is 4.90 Å². The van der Waals surface area contributed by atoms with Crippen molar-refractivity contribution in [2.75, 3.05) is 31.6 Å². The number of hydrogen-bond acceptors (Lipinski definition) is 4. The lowest BCUT2D eigenvalue weighted by atomic mass is 9.95. The Labute approximate surface area is 166 Å². The maximum absolute atomic E-state index is 13.0. The first-order chi connectivity index (χ1) is 13.3. The van der Waals surface area contributed by atoms with Gasteiger partial charge in [-0.25, -0.2) is 4.79 Å². The highest BCUT2D eigenvalue weighted by Gasteiger charge is 2.24. The number of rotatable bonds is 5. The number of aliphatic hydroxyl groups excluding tert-OH is 1. The second-order valence-corrected chi connectivity index (χ2v) is 8.16. The van der Waals surface area contributed by atoms with Crippen LogP contribution >= 0.6 is 0 Å². The zero-order valence-electron chi connectivity index (χ0n) is 16.6. The van der Waals surface area contributed by atoms with Gasteiger partial charge in [-0.1, -0.05) is 51.1 Å². The molecule has 0 radical (unpaired) electrons. The van der Waals surface area contributed by atoms with Gasteiger partial charge in [0, 0.05) is 18.3 Å². The minimum Gasteiger partial charge on any atom is -0.486 e. The molecule has 0 bridgehead atoms. The van der Waals surface area contributed by atoms with Gasteiger partial charge in [-0.15, -0.1) is 0 Å². The van der Waals surface area contributed by atoms with Gasteiger partial charge in [0.05, 0.1) is 12.6 Å². The Morgan fingerprint density at radius 2 is 1.79 bits per heavy atom. The number of benzene rings is 2. The average Bonchev–Trinajstić information content (AvgIpc) is 2.67. The molecule has 1 atom stereocenters. The molecular weight excluding hydrogens is 356 g/mol. The third kappa shape index (κ3) is 5.39. The van der Waals surface area contributed by atoms with Gasteiger partial charge in [0.25, 0.3) is 0 Å². The summed E-state index contributed by atoms with van der Waals surface area (Å²) in [6, 6.07) is 14.4. The van der Waals surface area contributed by atoms with Gasteiger partial charge in [0.15, 0.2) is 11.5 Å². The quantitative estimate of drug-likeness (QED) is 0.815. The van der Waals surface area contributed by atoms with Crippen LogP contribution in [-0.2, 0) is 0 Å². The van der Waals surface area contributed by atoms with Crippen LogP contribution in [0.25, 0.3) is 0 Å². The van der Waals surface area contributed by atoms with Gasteiger partial charge >= 0.3 is 6.03 Å². The summed E-state index contributed by atoms with van der Waals surface area (Å²) in [7, 11) is 0. The molecule has 0 spiro atoms. The molecule has 2 amide bonds. The standard InChI is InChI=1S/C22H28N2O4/c1-22(2,3)15-24(14-18(25)16-7-5-4-6-8-16)21(26)23-17-9-10-19-20(13-17)28-12-11-27-19/h4-10,13,18,25H,11-12,14-15H2,1-3H3,(H,23,26)/t18-/m0/s1. The fraction of sp³-hybridized carbons (Fsp3) is 0.409. The first-order valence-corrected chi connectivity index (χ1v) is 9.50. The molecule has 2 N–H and O–H groups in total. The van der Waals surface area contributed by atoms with Crippen molar-refractivity contribution in [3.8, 4) is 11.5 Å². The largest absolute Gasteiger partial charge is 0.486 e. The van der Waals surface area contributed by atoms with Crippen LogP contribution in [0.5, 0.6) is 11.5 Å². The van der Waals surface area contributed by atoms with Gasteiger partial charge in [0.1, 0.15) is 13.2 Å². The number of nitrogens with zero attached hydrogens (tertiary/aromatic N) is 1. The predicted molar refractivity (Wildman–Crippen MR) is 109 cm³/mol. The van der Waals surface area contributed by atoms with Crippen molar-refractivity contribution in [3.63, 3.8) is 0 Å². The third-order valence-corrected chi connectivity index (χ3v) is 4.32. The molecule has 3 rings (SSSR count). The molecule has 6 heteroatoms. The Morgan fingerprint density at radius 1 is 1.11 bits per heavy atom. The second-order valence-electron chi connectivity index (χ2n) is 8.16. The summed E-state index contributed by atoms with van der Waals surface area (Å²) in [4.78, 5) is 14.6. The fourth-order valence-electron chi connectivity index (χ4n) is 3.10. The molecule has 1 aliphatic heterocycles. The van der Waals surface area contributed by atoms with Crippen LogP contribution in [0.15, 0.2) is 48.5 Å². The van der Waals surface area contributed by atoms with E-state index in [2.05, 4.69) is 26.1 Å². The number of urea groups is 1. The number of carbonyl (C=O) groups is 1. The average molecular weight is 384 g/mol. The number of ether oxygens (including phenoxy) is 2. The van der Waals surface area contributed by atoms with Crippen molar-refractivity contribution < 1.29 is 19.4 Å². The molecule has 0 aliphatic carbocycles. The summed E-state index contributed by atoms with van der Waals surface area (Å²) >= 11 is 0. The van der Waals surface area contributed by atoms with Crippen LogP contribution < -0.4 is 14.8 Å². The summed E-state index contributed by atoms with van der Waals surface area (Å²) < 4.78 is 11.1. The van der Waals surface area contributed by atoms with Gasteiger partial charge < -0.3 is 24.8 Å². The number of amides is 2. The zero-order valence-corrected chi connectivity index (χ0v) is 16.6. The van der Waals surface area contributed by atoms with Gasteiger partial charge in [0.2, 0.25) is 0 Å². The van der Waals surface area contributed by atoms with Crippen molar-refractivity contribution in [2.24, 2.45) is 5.41 Å². The highest BCUT2D eigenvalue weighted by Crippen LogP contribution is 2.32. The maximum Gasteiger partial charge on any atom is 0.321 e. The van der Waals surface area contributed by atoms with E-state index in [-0.39, 0.29) is 18.0 Å². The van der Waals surface area contributed by atoms with Crippen LogP contribution in [0, 0.1) is 5.41 Å². The Hall–Kier alpha value is -2.73. The molecule has 0 aromatic heterocycles. The lowest BCUT2D eigenvalue weighted by Crippen LogP contribution is -2.42. The molecule has 2 aromatic rings. The van der Waals surface area contributed by atoms with Crippen LogP contribution in [0.2, 0.25) is 0 Å². The Kier molecular flexibility index (Phi) is 6.09. The number of anilines is 1. The monoisotopic (exact) mass is 384 g/mol. The van der Waals surface area contributed by atoms with E-state index >= 15 is 0 Å². The predicted octanol–water partition coefficient (Wildman–Crippen LogP) is 4.07. The molecule has 6 nitrogen and oxygen atoms in total. The summed E-state index contributed by atoms with van der Waals surface area (Å²) in [6.07, 6.45) is -0.755. The van der Waals surface area contributed by atoms with E-state index in [0.29, 0.717) is 36.9 Å². The molecule has 0 fully saturated rings. The van der Waals surface area contributed by atoms with Crippen molar-refractivity contribution in [3.05, 3.63) is 54.1 Å². The molecule has 0 saturated carbocycles. The van der Waals surface area contributed by atoms with E-state index < -0.39 is 6.10 Å². The van der Waals surface area contributed by atoms with Crippen LogP contribution in [0.4, 0.5) is 10.5 Å². The molecule has 1 heterocycles. The molecule has 150 valence electrons. The summed E-state index contributed by atoms with van der Waals surface area (Å²) in [5, 5.41) is 13.5. The van der Waals surface area contributed by atoms with Crippen LogP contribution in [0.3, 0.4) is 0 Å². The number of fused-ring (bicyclic) bond motifs is 1. The number of hydrogen-bond donors (Lipinski definition) is 2.